The third-order valence-electron chi connectivity index (χ3n) is 2.92. The van der Waals surface area contributed by atoms with Gasteiger partial charge in [-0.3, -0.25) is 0 Å². The molecule has 0 saturated carbocycles. The number of aliphatic hydroxyl groups excluding tert-OH is 1. The van der Waals surface area contributed by atoms with E-state index in [1.807, 2.05) is 0 Å². The van der Waals surface area contributed by atoms with Gasteiger partial charge in [0.05, 0.1) is 5.56 Å². The average Bonchev–Trinajstić information content (AvgIpc) is 2.27. The molecule has 0 heterocycles. The average molecular weight is 265 g/mol. The molecule has 0 aromatic heterocycles. The van der Waals surface area contributed by atoms with Crippen molar-refractivity contribution in [1.82, 2.24) is 0 Å². The maximum atomic E-state index is 13.8. The van der Waals surface area contributed by atoms with E-state index in [9.17, 15) is 17.6 Å². The predicted octanol–water partition coefficient (Wildman–Crippen LogP) is 2.86. The summed E-state index contributed by atoms with van der Waals surface area (Å²) in [6.45, 7) is 2.75. The summed E-state index contributed by atoms with van der Waals surface area (Å²) < 4.78 is 51.4. The zero-order valence-corrected chi connectivity index (χ0v) is 10.1. The van der Waals surface area contributed by atoms with Gasteiger partial charge in [0.15, 0.2) is 0 Å². The molecule has 2 nitrogen and oxygen atoms in total. The number of hydrogen-bond donors (Lipinski definition) is 2. The first-order valence-corrected chi connectivity index (χ1v) is 5.33. The van der Waals surface area contributed by atoms with Gasteiger partial charge in [0, 0.05) is 23.6 Å². The quantitative estimate of drug-likeness (QED) is 0.825. The predicted molar refractivity (Wildman–Crippen MR) is 59.2 cm³/mol. The fourth-order valence-corrected chi connectivity index (χ4v) is 1.53. The fraction of sp³-hybridized carbons (Fsp3) is 0.500. The van der Waals surface area contributed by atoms with Crippen LogP contribution < -0.4 is 5.73 Å². The Labute approximate surface area is 102 Å². The van der Waals surface area contributed by atoms with Crippen molar-refractivity contribution in [2.45, 2.75) is 26.1 Å². The van der Waals surface area contributed by atoms with Gasteiger partial charge in [-0.2, -0.15) is 13.2 Å². The van der Waals surface area contributed by atoms with Crippen LogP contribution in [0.5, 0.6) is 0 Å². The second-order valence-electron chi connectivity index (χ2n) is 4.83. The van der Waals surface area contributed by atoms with Crippen molar-refractivity contribution in [1.29, 1.82) is 0 Å². The van der Waals surface area contributed by atoms with Crippen LogP contribution >= 0.6 is 0 Å². The molecule has 102 valence electrons. The highest BCUT2D eigenvalue weighted by Gasteiger charge is 2.37. The smallest absolute Gasteiger partial charge is 0.396 e. The van der Waals surface area contributed by atoms with E-state index < -0.39 is 29.0 Å². The van der Waals surface area contributed by atoms with Gasteiger partial charge in [-0.15, -0.1) is 0 Å². The number of aliphatic hydroxyl groups is 1. The molecule has 0 aliphatic carbocycles. The topological polar surface area (TPSA) is 46.2 Å². The minimum Gasteiger partial charge on any atom is -0.396 e. The Balaban J connectivity index is 3.28. The molecule has 1 atom stereocenters. The second-order valence-corrected chi connectivity index (χ2v) is 4.83. The molecule has 1 aromatic rings. The lowest BCUT2D eigenvalue weighted by molar-refractivity contribution is -0.140. The van der Waals surface area contributed by atoms with Crippen LogP contribution in [0.15, 0.2) is 18.2 Å². The molecule has 0 amide bonds. The third kappa shape index (κ3) is 2.81. The molecule has 6 heteroatoms. The van der Waals surface area contributed by atoms with Crippen LogP contribution in [0.2, 0.25) is 0 Å². The maximum Gasteiger partial charge on any atom is 0.419 e. The first-order valence-electron chi connectivity index (χ1n) is 5.33. The van der Waals surface area contributed by atoms with Gasteiger partial charge in [0.25, 0.3) is 0 Å². The van der Waals surface area contributed by atoms with E-state index in [1.165, 1.54) is 6.07 Å². The van der Waals surface area contributed by atoms with E-state index in [0.717, 1.165) is 6.07 Å². The molecule has 18 heavy (non-hydrogen) atoms. The fourth-order valence-electron chi connectivity index (χ4n) is 1.53. The van der Waals surface area contributed by atoms with Crippen LogP contribution in [-0.4, -0.2) is 11.7 Å². The van der Waals surface area contributed by atoms with Gasteiger partial charge >= 0.3 is 6.18 Å². The number of benzene rings is 1. The van der Waals surface area contributed by atoms with Gasteiger partial charge in [-0.1, -0.05) is 26.0 Å². The molecular weight excluding hydrogens is 250 g/mol. The van der Waals surface area contributed by atoms with Crippen LogP contribution in [0.1, 0.15) is 31.0 Å². The maximum absolute atomic E-state index is 13.8. The van der Waals surface area contributed by atoms with Crippen molar-refractivity contribution in [3.05, 3.63) is 35.1 Å². The summed E-state index contributed by atoms with van der Waals surface area (Å²) in [6, 6.07) is 1.95. The lowest BCUT2D eigenvalue weighted by Crippen LogP contribution is -2.33. The summed E-state index contributed by atoms with van der Waals surface area (Å²) in [5.41, 5.74) is 3.23. The van der Waals surface area contributed by atoms with Crippen LogP contribution in [0.3, 0.4) is 0 Å². The zero-order valence-electron chi connectivity index (χ0n) is 10.1. The summed E-state index contributed by atoms with van der Waals surface area (Å²) in [6.07, 6.45) is -4.76. The summed E-state index contributed by atoms with van der Waals surface area (Å²) >= 11 is 0. The molecule has 0 aliphatic heterocycles. The summed E-state index contributed by atoms with van der Waals surface area (Å²) in [4.78, 5) is 0. The van der Waals surface area contributed by atoms with Crippen molar-refractivity contribution < 1.29 is 22.7 Å². The Bertz CT molecular complexity index is 429. The third-order valence-corrected chi connectivity index (χ3v) is 2.92. The number of hydrogen-bond acceptors (Lipinski definition) is 2. The minimum atomic E-state index is -4.76. The zero-order chi connectivity index (χ0) is 14.1. The normalized spacial score (nSPS) is 14.7. The Hall–Kier alpha value is -1.14. The first kappa shape index (κ1) is 14.9. The van der Waals surface area contributed by atoms with Gasteiger partial charge < -0.3 is 10.8 Å². The van der Waals surface area contributed by atoms with E-state index in [0.29, 0.717) is 6.07 Å². The van der Waals surface area contributed by atoms with Gasteiger partial charge in [-0.25, -0.2) is 4.39 Å². The standard InChI is InChI=1S/C12H15F4NO/c1-11(2,6-18)10(17)7-4-3-5-8(9(7)13)12(14,15)16/h3-5,10,18H,6,17H2,1-2H3/t10-/m1/s1. The van der Waals surface area contributed by atoms with Crippen molar-refractivity contribution in [3.8, 4) is 0 Å². The van der Waals surface area contributed by atoms with Crippen molar-refractivity contribution in [2.75, 3.05) is 6.61 Å². The van der Waals surface area contributed by atoms with Gasteiger partial charge in [-0.05, 0) is 6.07 Å². The molecule has 1 aromatic carbocycles. The van der Waals surface area contributed by atoms with Crippen LogP contribution in [0, 0.1) is 11.2 Å². The monoisotopic (exact) mass is 265 g/mol. The number of nitrogens with two attached hydrogens (primary N) is 1. The minimum absolute atomic E-state index is 0.246. The molecule has 0 saturated heterocycles. The lowest BCUT2D eigenvalue weighted by Gasteiger charge is -2.30. The van der Waals surface area contributed by atoms with Crippen molar-refractivity contribution in [3.63, 3.8) is 0 Å². The van der Waals surface area contributed by atoms with Gasteiger partial charge in [0.1, 0.15) is 5.82 Å². The number of alkyl halides is 3. The van der Waals surface area contributed by atoms with Crippen molar-refractivity contribution in [2.24, 2.45) is 11.1 Å². The van der Waals surface area contributed by atoms with Crippen LogP contribution in [-0.2, 0) is 6.18 Å². The van der Waals surface area contributed by atoms with E-state index in [4.69, 9.17) is 10.8 Å². The van der Waals surface area contributed by atoms with Gasteiger partial charge in [0.2, 0.25) is 0 Å². The Kier molecular flexibility index (Phi) is 4.02. The molecule has 0 spiro atoms. The molecule has 1 rings (SSSR count). The molecule has 0 radical (unpaired) electrons. The Morgan fingerprint density at radius 3 is 2.28 bits per heavy atom. The molecule has 0 aliphatic rings. The first-order chi connectivity index (χ1) is 8.11. The largest absolute Gasteiger partial charge is 0.419 e. The molecule has 0 fully saturated rings. The van der Waals surface area contributed by atoms with E-state index >= 15 is 0 Å². The van der Waals surface area contributed by atoms with Crippen LogP contribution in [0.25, 0.3) is 0 Å². The molecule has 0 unspecified atom stereocenters. The second kappa shape index (κ2) is 4.85. The number of halogens is 4. The summed E-state index contributed by atoms with van der Waals surface area (Å²) in [5.74, 6) is -1.38. The highest BCUT2D eigenvalue weighted by molar-refractivity contribution is 5.31. The number of rotatable bonds is 3. The van der Waals surface area contributed by atoms with E-state index in [-0.39, 0.29) is 12.2 Å². The highest BCUT2D eigenvalue weighted by atomic mass is 19.4. The van der Waals surface area contributed by atoms with E-state index in [1.54, 1.807) is 13.8 Å². The highest BCUT2D eigenvalue weighted by Crippen LogP contribution is 2.37. The van der Waals surface area contributed by atoms with Crippen molar-refractivity contribution >= 4 is 0 Å². The lowest BCUT2D eigenvalue weighted by atomic mass is 9.81. The molecule has 3 N–H and O–H groups in total. The molecule has 0 bridgehead atoms. The molecular formula is C12H15F4NO. The summed E-state index contributed by atoms with van der Waals surface area (Å²) in [5, 5.41) is 9.12. The van der Waals surface area contributed by atoms with Crippen LogP contribution in [0.4, 0.5) is 17.6 Å². The SMILES string of the molecule is CC(C)(CO)[C@H](N)c1cccc(C(F)(F)F)c1F. The Morgan fingerprint density at radius 1 is 1.28 bits per heavy atom. The summed E-state index contributed by atoms with van der Waals surface area (Å²) in [7, 11) is 0. The Morgan fingerprint density at radius 2 is 1.83 bits per heavy atom. The van der Waals surface area contributed by atoms with E-state index in [2.05, 4.69) is 0 Å².